The molecule has 0 aliphatic rings. The molecule has 1 unspecified atom stereocenters. The van der Waals surface area contributed by atoms with Crippen molar-refractivity contribution in [1.29, 1.82) is 0 Å². The largest absolute Gasteiger partial charge is 0.466 e. The Morgan fingerprint density at radius 1 is 1.32 bits per heavy atom. The van der Waals surface area contributed by atoms with Crippen molar-refractivity contribution in [2.24, 2.45) is 0 Å². The molecule has 1 aromatic heterocycles. The molecule has 0 aliphatic carbocycles. The number of halogens is 1. The number of sulfonamides is 1. The molecule has 0 radical (unpaired) electrons. The van der Waals surface area contributed by atoms with Gasteiger partial charge in [0, 0.05) is 12.1 Å². The summed E-state index contributed by atoms with van der Waals surface area (Å²) >= 11 is 0. The first-order valence-corrected chi connectivity index (χ1v) is 8.16. The second kappa shape index (κ2) is 5.83. The standard InChI is InChI=1S/C15H18FNO4S/c1-10-8-12(11(2)21-10)15(3,18)9-17-22(19,20)14-7-5-4-6-13(14)16/h4-8,17-18H,9H2,1-3H3. The highest BCUT2D eigenvalue weighted by Crippen LogP contribution is 2.27. The number of hydrogen-bond acceptors (Lipinski definition) is 4. The lowest BCUT2D eigenvalue weighted by Gasteiger charge is -2.23. The normalized spacial score (nSPS) is 14.8. The molecule has 120 valence electrons. The molecule has 0 saturated heterocycles. The maximum absolute atomic E-state index is 13.6. The number of benzene rings is 1. The van der Waals surface area contributed by atoms with Gasteiger partial charge in [-0.25, -0.2) is 17.5 Å². The molecule has 0 saturated carbocycles. The predicted molar refractivity (Wildman–Crippen MR) is 79.3 cm³/mol. The van der Waals surface area contributed by atoms with Gasteiger partial charge in [-0.3, -0.25) is 0 Å². The zero-order valence-corrected chi connectivity index (χ0v) is 13.4. The van der Waals surface area contributed by atoms with Crippen molar-refractivity contribution in [3.8, 4) is 0 Å². The first kappa shape index (κ1) is 16.7. The van der Waals surface area contributed by atoms with Crippen LogP contribution in [0.4, 0.5) is 4.39 Å². The van der Waals surface area contributed by atoms with Gasteiger partial charge in [0.1, 0.15) is 27.8 Å². The van der Waals surface area contributed by atoms with Crippen LogP contribution in [0.2, 0.25) is 0 Å². The lowest BCUT2D eigenvalue weighted by Crippen LogP contribution is -2.39. The lowest BCUT2D eigenvalue weighted by atomic mass is 9.97. The summed E-state index contributed by atoms with van der Waals surface area (Å²) in [7, 11) is -4.05. The van der Waals surface area contributed by atoms with E-state index in [1.54, 1.807) is 19.9 Å². The molecule has 0 spiro atoms. The first-order chi connectivity index (χ1) is 10.1. The monoisotopic (exact) mass is 327 g/mol. The molecule has 7 heteroatoms. The van der Waals surface area contributed by atoms with Crippen LogP contribution in [0, 0.1) is 19.7 Å². The fourth-order valence-electron chi connectivity index (χ4n) is 2.24. The maximum Gasteiger partial charge on any atom is 0.243 e. The number of rotatable bonds is 5. The van der Waals surface area contributed by atoms with E-state index in [0.717, 1.165) is 6.07 Å². The van der Waals surface area contributed by atoms with Gasteiger partial charge in [0.05, 0.1) is 0 Å². The number of aryl methyl sites for hydroxylation is 2. The Bertz CT molecular complexity index is 781. The third-order valence-electron chi connectivity index (χ3n) is 3.35. The van der Waals surface area contributed by atoms with Gasteiger partial charge in [-0.15, -0.1) is 0 Å². The molecule has 0 aliphatic heterocycles. The molecule has 1 aromatic carbocycles. The zero-order chi connectivity index (χ0) is 16.5. The van der Waals surface area contributed by atoms with E-state index in [1.807, 2.05) is 0 Å². The van der Waals surface area contributed by atoms with Crippen LogP contribution in [-0.4, -0.2) is 20.1 Å². The summed E-state index contributed by atoms with van der Waals surface area (Å²) in [5.74, 6) is 0.280. The van der Waals surface area contributed by atoms with Gasteiger partial charge in [0.25, 0.3) is 0 Å². The molecule has 2 aromatic rings. The third kappa shape index (κ3) is 3.37. The van der Waals surface area contributed by atoms with E-state index in [-0.39, 0.29) is 6.54 Å². The van der Waals surface area contributed by atoms with Crippen LogP contribution in [0.15, 0.2) is 39.6 Å². The maximum atomic E-state index is 13.6. The molecule has 22 heavy (non-hydrogen) atoms. The number of nitrogens with one attached hydrogen (secondary N) is 1. The molecule has 5 nitrogen and oxygen atoms in total. The van der Waals surface area contributed by atoms with Crippen LogP contribution in [-0.2, 0) is 15.6 Å². The van der Waals surface area contributed by atoms with E-state index < -0.39 is 26.3 Å². The SMILES string of the molecule is Cc1cc(C(C)(O)CNS(=O)(=O)c2ccccc2F)c(C)o1. The topological polar surface area (TPSA) is 79.5 Å². The van der Waals surface area contributed by atoms with Crippen molar-refractivity contribution >= 4 is 10.0 Å². The second-order valence-electron chi connectivity index (χ2n) is 5.36. The van der Waals surface area contributed by atoms with Crippen LogP contribution in [0.3, 0.4) is 0 Å². The third-order valence-corrected chi connectivity index (χ3v) is 4.79. The highest BCUT2D eigenvalue weighted by atomic mass is 32.2. The Morgan fingerprint density at radius 3 is 2.50 bits per heavy atom. The molecule has 0 bridgehead atoms. The molecule has 0 amide bonds. The van der Waals surface area contributed by atoms with Crippen molar-refractivity contribution in [2.45, 2.75) is 31.3 Å². The summed E-state index contributed by atoms with van der Waals surface area (Å²) in [5, 5.41) is 10.5. The van der Waals surface area contributed by atoms with E-state index in [1.165, 1.54) is 25.1 Å². The second-order valence-corrected chi connectivity index (χ2v) is 7.09. The molecule has 0 fully saturated rings. The van der Waals surface area contributed by atoms with E-state index in [9.17, 15) is 17.9 Å². The Kier molecular flexibility index (Phi) is 4.42. The minimum Gasteiger partial charge on any atom is -0.466 e. The van der Waals surface area contributed by atoms with Crippen LogP contribution < -0.4 is 4.72 Å². The summed E-state index contributed by atoms with van der Waals surface area (Å²) in [6, 6.07) is 6.71. The van der Waals surface area contributed by atoms with Crippen molar-refractivity contribution in [2.75, 3.05) is 6.54 Å². The Balaban J connectivity index is 2.22. The Hall–Kier alpha value is -1.70. The molecule has 2 N–H and O–H groups in total. The summed E-state index contributed by atoms with van der Waals surface area (Å²) in [5.41, 5.74) is -0.985. The minimum atomic E-state index is -4.05. The van der Waals surface area contributed by atoms with E-state index >= 15 is 0 Å². The Morgan fingerprint density at radius 2 is 1.95 bits per heavy atom. The summed E-state index contributed by atoms with van der Waals surface area (Å²) in [4.78, 5) is -0.453. The lowest BCUT2D eigenvalue weighted by molar-refractivity contribution is 0.0612. The zero-order valence-electron chi connectivity index (χ0n) is 12.6. The van der Waals surface area contributed by atoms with E-state index in [0.29, 0.717) is 17.1 Å². The van der Waals surface area contributed by atoms with Gasteiger partial charge in [-0.2, -0.15) is 0 Å². The van der Waals surface area contributed by atoms with Gasteiger partial charge < -0.3 is 9.52 Å². The van der Waals surface area contributed by atoms with Crippen LogP contribution in [0.1, 0.15) is 24.0 Å². The predicted octanol–water partition coefficient (Wildman–Crippen LogP) is 2.22. The fraction of sp³-hybridized carbons (Fsp3) is 0.333. The number of furan rings is 1. The van der Waals surface area contributed by atoms with Gasteiger partial charge in [0.15, 0.2) is 0 Å². The molecular formula is C15H18FNO4S. The van der Waals surface area contributed by atoms with Crippen LogP contribution in [0.25, 0.3) is 0 Å². The molecular weight excluding hydrogens is 309 g/mol. The van der Waals surface area contributed by atoms with Crippen LogP contribution in [0.5, 0.6) is 0 Å². The highest BCUT2D eigenvalue weighted by molar-refractivity contribution is 7.89. The van der Waals surface area contributed by atoms with Gasteiger partial charge in [-0.1, -0.05) is 12.1 Å². The smallest absolute Gasteiger partial charge is 0.243 e. The quantitative estimate of drug-likeness (QED) is 0.882. The number of hydrogen-bond donors (Lipinski definition) is 2. The Labute approximate surface area is 128 Å². The van der Waals surface area contributed by atoms with Crippen molar-refractivity contribution in [3.63, 3.8) is 0 Å². The average molecular weight is 327 g/mol. The van der Waals surface area contributed by atoms with Gasteiger partial charge in [-0.05, 0) is 39.0 Å². The average Bonchev–Trinajstić information content (AvgIpc) is 2.77. The minimum absolute atomic E-state index is 0.302. The highest BCUT2D eigenvalue weighted by Gasteiger charge is 2.30. The van der Waals surface area contributed by atoms with Crippen molar-refractivity contribution < 1.29 is 22.3 Å². The van der Waals surface area contributed by atoms with Crippen molar-refractivity contribution in [3.05, 3.63) is 53.2 Å². The molecule has 1 atom stereocenters. The van der Waals surface area contributed by atoms with Crippen molar-refractivity contribution in [1.82, 2.24) is 4.72 Å². The summed E-state index contributed by atoms with van der Waals surface area (Å²) < 4.78 is 45.4. The molecule has 2 rings (SSSR count). The summed E-state index contributed by atoms with van der Waals surface area (Å²) in [6.45, 7) is 4.58. The van der Waals surface area contributed by atoms with Gasteiger partial charge in [0.2, 0.25) is 10.0 Å². The van der Waals surface area contributed by atoms with E-state index in [2.05, 4.69) is 4.72 Å². The molecule has 1 heterocycles. The van der Waals surface area contributed by atoms with Crippen LogP contribution >= 0.6 is 0 Å². The first-order valence-electron chi connectivity index (χ1n) is 6.67. The van der Waals surface area contributed by atoms with Gasteiger partial charge >= 0.3 is 0 Å². The summed E-state index contributed by atoms with van der Waals surface area (Å²) in [6.07, 6.45) is 0. The fourth-order valence-corrected chi connectivity index (χ4v) is 3.45. The van der Waals surface area contributed by atoms with E-state index in [4.69, 9.17) is 4.42 Å². The number of aliphatic hydroxyl groups is 1.